The second-order valence-electron chi connectivity index (χ2n) is 4.88. The van der Waals surface area contributed by atoms with Gasteiger partial charge in [-0.25, -0.2) is 4.39 Å². The Hall–Kier alpha value is -1.58. The Labute approximate surface area is 129 Å². The van der Waals surface area contributed by atoms with Crippen molar-refractivity contribution in [1.29, 1.82) is 0 Å². The van der Waals surface area contributed by atoms with E-state index in [1.54, 1.807) is 12.1 Å². The van der Waals surface area contributed by atoms with E-state index >= 15 is 0 Å². The van der Waals surface area contributed by atoms with E-state index < -0.39 is 0 Å². The minimum atomic E-state index is -0.253. The molecule has 0 heterocycles. The fourth-order valence-corrected chi connectivity index (χ4v) is 2.24. The first-order valence-corrected chi connectivity index (χ1v) is 7.38. The molecule has 0 saturated heterocycles. The summed E-state index contributed by atoms with van der Waals surface area (Å²) in [4.78, 5) is 0. The van der Waals surface area contributed by atoms with Gasteiger partial charge in [0.05, 0.1) is 0 Å². The van der Waals surface area contributed by atoms with Gasteiger partial charge in [0.15, 0.2) is 0 Å². The lowest BCUT2D eigenvalue weighted by Gasteiger charge is -2.14. The molecule has 0 saturated carbocycles. The molecule has 2 rings (SSSR count). The largest absolute Gasteiger partial charge is 0.489 e. The number of ether oxygens (including phenoxy) is 1. The van der Waals surface area contributed by atoms with Crippen molar-refractivity contribution in [2.24, 2.45) is 0 Å². The van der Waals surface area contributed by atoms with Crippen LogP contribution in [0.2, 0.25) is 5.02 Å². The average molecular weight is 308 g/mol. The van der Waals surface area contributed by atoms with Gasteiger partial charge in [-0.05, 0) is 37.2 Å². The first-order chi connectivity index (χ1) is 10.1. The highest BCUT2D eigenvalue weighted by molar-refractivity contribution is 6.30. The van der Waals surface area contributed by atoms with Gasteiger partial charge in [-0.3, -0.25) is 0 Å². The molecule has 2 aromatic rings. The summed E-state index contributed by atoms with van der Waals surface area (Å²) in [5, 5.41) is 3.88. The molecule has 2 aromatic carbocycles. The second kappa shape index (κ2) is 7.43. The van der Waals surface area contributed by atoms with Crippen molar-refractivity contribution in [2.75, 3.05) is 6.54 Å². The molecule has 2 nitrogen and oxygen atoms in total. The van der Waals surface area contributed by atoms with Crippen LogP contribution < -0.4 is 10.1 Å². The molecule has 0 aliphatic carbocycles. The lowest BCUT2D eigenvalue weighted by molar-refractivity contribution is 0.304. The van der Waals surface area contributed by atoms with Crippen molar-refractivity contribution in [3.63, 3.8) is 0 Å². The smallest absolute Gasteiger partial charge is 0.131 e. The highest BCUT2D eigenvalue weighted by Gasteiger charge is 2.10. The first kappa shape index (κ1) is 15.8. The van der Waals surface area contributed by atoms with Gasteiger partial charge in [-0.1, -0.05) is 36.7 Å². The van der Waals surface area contributed by atoms with E-state index in [4.69, 9.17) is 16.3 Å². The molecule has 0 bridgehead atoms. The zero-order valence-electron chi connectivity index (χ0n) is 12.2. The average Bonchev–Trinajstić information content (AvgIpc) is 2.47. The van der Waals surface area contributed by atoms with Crippen LogP contribution in [0.25, 0.3) is 0 Å². The van der Waals surface area contributed by atoms with Crippen LogP contribution in [0.5, 0.6) is 5.75 Å². The Balaban J connectivity index is 2.01. The summed E-state index contributed by atoms with van der Waals surface area (Å²) in [6.45, 7) is 5.13. The van der Waals surface area contributed by atoms with Gasteiger partial charge in [-0.15, -0.1) is 0 Å². The SMILES string of the molecule is CCNC(C)c1ccc(OCc2ccc(Cl)cc2)cc1F. The van der Waals surface area contributed by atoms with Crippen molar-refractivity contribution in [3.8, 4) is 5.75 Å². The number of halogens is 2. The highest BCUT2D eigenvalue weighted by atomic mass is 35.5. The van der Waals surface area contributed by atoms with E-state index in [0.29, 0.717) is 22.9 Å². The maximum Gasteiger partial charge on any atom is 0.131 e. The Morgan fingerprint density at radius 2 is 1.90 bits per heavy atom. The van der Waals surface area contributed by atoms with E-state index in [0.717, 1.165) is 12.1 Å². The van der Waals surface area contributed by atoms with Crippen LogP contribution in [-0.4, -0.2) is 6.54 Å². The number of nitrogens with one attached hydrogen (secondary N) is 1. The van der Waals surface area contributed by atoms with Crippen molar-refractivity contribution < 1.29 is 9.13 Å². The van der Waals surface area contributed by atoms with Gasteiger partial charge >= 0.3 is 0 Å². The minimum absolute atomic E-state index is 0.0136. The van der Waals surface area contributed by atoms with Gasteiger partial charge < -0.3 is 10.1 Å². The number of rotatable bonds is 6. The molecule has 0 spiro atoms. The van der Waals surface area contributed by atoms with Gasteiger partial charge in [0.1, 0.15) is 18.2 Å². The zero-order valence-corrected chi connectivity index (χ0v) is 13.0. The summed E-state index contributed by atoms with van der Waals surface area (Å²) in [6, 6.07) is 12.4. The van der Waals surface area contributed by atoms with Crippen LogP contribution in [0.3, 0.4) is 0 Å². The lowest BCUT2D eigenvalue weighted by Crippen LogP contribution is -2.18. The van der Waals surface area contributed by atoms with Gasteiger partial charge in [0.2, 0.25) is 0 Å². The zero-order chi connectivity index (χ0) is 15.2. The Bertz CT molecular complexity index is 586. The lowest BCUT2D eigenvalue weighted by atomic mass is 10.1. The van der Waals surface area contributed by atoms with Crippen LogP contribution in [0.1, 0.15) is 31.0 Å². The van der Waals surface area contributed by atoms with E-state index in [1.807, 2.05) is 38.1 Å². The summed E-state index contributed by atoms with van der Waals surface area (Å²) in [7, 11) is 0. The Kier molecular flexibility index (Phi) is 5.59. The summed E-state index contributed by atoms with van der Waals surface area (Å²) in [5.74, 6) is 0.270. The van der Waals surface area contributed by atoms with E-state index in [1.165, 1.54) is 6.07 Å². The van der Waals surface area contributed by atoms with Crippen LogP contribution in [0.15, 0.2) is 42.5 Å². The van der Waals surface area contributed by atoms with Crippen molar-refractivity contribution in [1.82, 2.24) is 5.32 Å². The fraction of sp³-hybridized carbons (Fsp3) is 0.294. The molecule has 0 fully saturated rings. The van der Waals surface area contributed by atoms with Crippen LogP contribution in [-0.2, 0) is 6.61 Å². The molecule has 4 heteroatoms. The summed E-state index contributed by atoms with van der Waals surface area (Å²) in [6.07, 6.45) is 0. The predicted molar refractivity (Wildman–Crippen MR) is 84.3 cm³/mol. The molecule has 112 valence electrons. The van der Waals surface area contributed by atoms with Crippen LogP contribution in [0, 0.1) is 5.82 Å². The molecule has 21 heavy (non-hydrogen) atoms. The van der Waals surface area contributed by atoms with Gasteiger partial charge in [0, 0.05) is 22.7 Å². The molecule has 1 N–H and O–H groups in total. The minimum Gasteiger partial charge on any atom is -0.489 e. The van der Waals surface area contributed by atoms with Crippen molar-refractivity contribution in [2.45, 2.75) is 26.5 Å². The standard InChI is InChI=1S/C17H19ClFNO/c1-3-20-12(2)16-9-8-15(10-17(16)19)21-11-13-4-6-14(18)7-5-13/h4-10,12,20H,3,11H2,1-2H3. The Morgan fingerprint density at radius 3 is 2.52 bits per heavy atom. The van der Waals surface area contributed by atoms with Crippen molar-refractivity contribution in [3.05, 3.63) is 64.4 Å². The summed E-state index contributed by atoms with van der Waals surface area (Å²) >= 11 is 5.83. The molecule has 1 atom stereocenters. The molecular weight excluding hydrogens is 289 g/mol. The van der Waals surface area contributed by atoms with Gasteiger partial charge in [-0.2, -0.15) is 0 Å². The van der Waals surface area contributed by atoms with Crippen LogP contribution in [0.4, 0.5) is 4.39 Å². The topological polar surface area (TPSA) is 21.3 Å². The Morgan fingerprint density at radius 1 is 1.19 bits per heavy atom. The number of hydrogen-bond donors (Lipinski definition) is 1. The highest BCUT2D eigenvalue weighted by Crippen LogP contribution is 2.22. The quantitative estimate of drug-likeness (QED) is 0.833. The van der Waals surface area contributed by atoms with Gasteiger partial charge in [0.25, 0.3) is 0 Å². The third-order valence-electron chi connectivity index (χ3n) is 3.27. The molecule has 0 radical (unpaired) electrons. The number of hydrogen-bond acceptors (Lipinski definition) is 2. The molecule has 0 aromatic heterocycles. The summed E-state index contributed by atoms with van der Waals surface area (Å²) < 4.78 is 19.7. The predicted octanol–water partition coefficient (Wildman–Crippen LogP) is 4.73. The maximum atomic E-state index is 14.1. The maximum absolute atomic E-state index is 14.1. The van der Waals surface area contributed by atoms with Crippen LogP contribution >= 0.6 is 11.6 Å². The fourth-order valence-electron chi connectivity index (χ4n) is 2.11. The monoisotopic (exact) mass is 307 g/mol. The first-order valence-electron chi connectivity index (χ1n) is 7.00. The second-order valence-corrected chi connectivity index (χ2v) is 5.31. The van der Waals surface area contributed by atoms with Crippen molar-refractivity contribution >= 4 is 11.6 Å². The van der Waals surface area contributed by atoms with E-state index in [2.05, 4.69) is 5.32 Å². The van der Waals surface area contributed by atoms with E-state index in [-0.39, 0.29) is 11.9 Å². The van der Waals surface area contributed by atoms with E-state index in [9.17, 15) is 4.39 Å². The summed E-state index contributed by atoms with van der Waals surface area (Å²) in [5.41, 5.74) is 1.64. The third kappa shape index (κ3) is 4.45. The molecule has 0 amide bonds. The number of benzene rings is 2. The molecular formula is C17H19ClFNO. The normalized spacial score (nSPS) is 12.2. The third-order valence-corrected chi connectivity index (χ3v) is 3.52. The molecule has 0 aliphatic heterocycles. The molecule has 0 aliphatic rings. The molecule has 1 unspecified atom stereocenters.